The molecular formula is C24H30O7. The second-order valence-electron chi connectivity index (χ2n) is 9.76. The van der Waals surface area contributed by atoms with Gasteiger partial charge in [0.05, 0.1) is 11.7 Å². The Morgan fingerprint density at radius 2 is 1.81 bits per heavy atom. The number of aliphatic hydroxyl groups is 2. The lowest BCUT2D eigenvalue weighted by Crippen LogP contribution is -2.75. The summed E-state index contributed by atoms with van der Waals surface area (Å²) in [6.07, 6.45) is -0.575. The van der Waals surface area contributed by atoms with Crippen molar-refractivity contribution in [3.8, 4) is 0 Å². The average Bonchev–Trinajstić information content (AvgIpc) is 3.14. The molecule has 5 unspecified atom stereocenters. The van der Waals surface area contributed by atoms with Crippen molar-refractivity contribution in [2.45, 2.75) is 83.7 Å². The van der Waals surface area contributed by atoms with Gasteiger partial charge in [0.15, 0.2) is 6.10 Å². The number of rotatable bonds is 2. The molecular weight excluding hydrogens is 400 g/mol. The molecule has 2 aliphatic carbocycles. The normalized spacial score (nSPS) is 34.0. The predicted molar refractivity (Wildman–Crippen MR) is 112 cm³/mol. The summed E-state index contributed by atoms with van der Waals surface area (Å²) >= 11 is 0. The Bertz CT molecular complexity index is 1070. The molecule has 2 aromatic rings. The first kappa shape index (κ1) is 21.8. The zero-order valence-corrected chi connectivity index (χ0v) is 18.8. The molecule has 1 saturated carbocycles. The number of esters is 2. The van der Waals surface area contributed by atoms with Crippen molar-refractivity contribution in [3.63, 3.8) is 0 Å². The predicted octanol–water partition coefficient (Wildman–Crippen LogP) is 3.46. The van der Waals surface area contributed by atoms with Crippen molar-refractivity contribution in [1.82, 2.24) is 0 Å². The zero-order chi connectivity index (χ0) is 22.9. The summed E-state index contributed by atoms with van der Waals surface area (Å²) in [7, 11) is 0. The number of fused-ring (bicyclic) bond motifs is 4. The second-order valence-corrected chi connectivity index (χ2v) is 9.76. The third-order valence-electron chi connectivity index (χ3n) is 7.72. The molecule has 5 atom stereocenters. The van der Waals surface area contributed by atoms with E-state index >= 15 is 0 Å². The fourth-order valence-electron chi connectivity index (χ4n) is 6.17. The Labute approximate surface area is 181 Å². The maximum absolute atomic E-state index is 12.4. The van der Waals surface area contributed by atoms with Gasteiger partial charge in [-0.2, -0.15) is 0 Å². The molecule has 0 radical (unpaired) electrons. The molecule has 0 amide bonds. The van der Waals surface area contributed by atoms with Gasteiger partial charge >= 0.3 is 11.9 Å². The molecule has 168 valence electrons. The van der Waals surface area contributed by atoms with Crippen LogP contribution in [0.4, 0.5) is 0 Å². The van der Waals surface area contributed by atoms with Gasteiger partial charge in [-0.15, -0.1) is 0 Å². The molecule has 2 N–H and O–H groups in total. The number of furan rings is 1. The van der Waals surface area contributed by atoms with Crippen LogP contribution in [0.2, 0.25) is 0 Å². The molecule has 1 aromatic carbocycles. The Balaban J connectivity index is 2.11. The van der Waals surface area contributed by atoms with Crippen LogP contribution in [0.3, 0.4) is 0 Å². The van der Waals surface area contributed by atoms with E-state index in [1.807, 2.05) is 39.8 Å². The SMILES string of the molecule is CC(=O)OC1CCC(C)(C)C2(O)C(OC(C)=O)C(O)c3c(cc4occc4c3C)C12C. The van der Waals surface area contributed by atoms with E-state index in [-0.39, 0.29) is 0 Å². The van der Waals surface area contributed by atoms with Crippen molar-refractivity contribution in [2.24, 2.45) is 5.41 Å². The van der Waals surface area contributed by atoms with Crippen LogP contribution in [0.25, 0.3) is 11.0 Å². The van der Waals surface area contributed by atoms with E-state index in [0.717, 1.165) is 10.9 Å². The third kappa shape index (κ3) is 2.72. The molecule has 1 fully saturated rings. The number of ether oxygens (including phenoxy) is 2. The molecule has 0 aliphatic heterocycles. The maximum Gasteiger partial charge on any atom is 0.303 e. The molecule has 1 aromatic heterocycles. The van der Waals surface area contributed by atoms with Gasteiger partial charge in [-0.3, -0.25) is 9.59 Å². The molecule has 7 nitrogen and oxygen atoms in total. The summed E-state index contributed by atoms with van der Waals surface area (Å²) in [5, 5.41) is 24.8. The van der Waals surface area contributed by atoms with Crippen LogP contribution < -0.4 is 0 Å². The Morgan fingerprint density at radius 1 is 1.16 bits per heavy atom. The first-order chi connectivity index (χ1) is 14.4. The maximum atomic E-state index is 12.4. The van der Waals surface area contributed by atoms with Crippen molar-refractivity contribution < 1.29 is 33.7 Å². The Kier molecular flexibility index (Phi) is 4.80. The van der Waals surface area contributed by atoms with Gasteiger partial charge in [-0.1, -0.05) is 13.8 Å². The van der Waals surface area contributed by atoms with E-state index in [9.17, 15) is 19.8 Å². The van der Waals surface area contributed by atoms with E-state index in [1.165, 1.54) is 13.8 Å². The van der Waals surface area contributed by atoms with Crippen LogP contribution in [-0.2, 0) is 24.5 Å². The smallest absolute Gasteiger partial charge is 0.303 e. The van der Waals surface area contributed by atoms with Gasteiger partial charge in [0.2, 0.25) is 0 Å². The number of carbonyl (C=O) groups excluding carboxylic acids is 2. The first-order valence-electron chi connectivity index (χ1n) is 10.6. The van der Waals surface area contributed by atoms with Crippen LogP contribution in [0, 0.1) is 12.3 Å². The third-order valence-corrected chi connectivity index (χ3v) is 7.72. The first-order valence-corrected chi connectivity index (χ1v) is 10.6. The van der Waals surface area contributed by atoms with Gasteiger partial charge in [0.25, 0.3) is 0 Å². The van der Waals surface area contributed by atoms with Gasteiger partial charge in [0, 0.05) is 19.2 Å². The molecule has 4 rings (SSSR count). The standard InChI is InChI=1S/C24H30O7/c1-12-15-8-10-29-17(15)11-16-19(12)20(27)21(31-14(3)26)24(28)22(4,5)9-7-18(23(16,24)6)30-13(2)25/h8,10-11,18,20-21,27-28H,7,9H2,1-6H3. The van der Waals surface area contributed by atoms with Crippen molar-refractivity contribution in [1.29, 1.82) is 0 Å². The van der Waals surface area contributed by atoms with Crippen molar-refractivity contribution in [2.75, 3.05) is 0 Å². The summed E-state index contributed by atoms with van der Waals surface area (Å²) in [5.41, 5.74) is -1.04. The van der Waals surface area contributed by atoms with Crippen LogP contribution in [0.5, 0.6) is 0 Å². The van der Waals surface area contributed by atoms with Gasteiger partial charge < -0.3 is 24.1 Å². The van der Waals surface area contributed by atoms with E-state index in [1.54, 1.807) is 6.26 Å². The molecule has 2 aliphatic rings. The quantitative estimate of drug-likeness (QED) is 0.703. The second kappa shape index (κ2) is 6.81. The number of benzene rings is 1. The van der Waals surface area contributed by atoms with E-state index in [2.05, 4.69) is 0 Å². The number of aliphatic hydroxyl groups excluding tert-OH is 1. The highest BCUT2D eigenvalue weighted by Gasteiger charge is 2.72. The number of hydrogen-bond donors (Lipinski definition) is 2. The summed E-state index contributed by atoms with van der Waals surface area (Å²) in [4.78, 5) is 24.1. The highest BCUT2D eigenvalue weighted by Crippen LogP contribution is 2.63. The van der Waals surface area contributed by atoms with Gasteiger partial charge in [-0.05, 0) is 60.9 Å². The van der Waals surface area contributed by atoms with E-state index in [4.69, 9.17) is 13.9 Å². The molecule has 1 heterocycles. The summed E-state index contributed by atoms with van der Waals surface area (Å²) in [6, 6.07) is 3.63. The van der Waals surface area contributed by atoms with Gasteiger partial charge in [-0.25, -0.2) is 0 Å². The summed E-state index contributed by atoms with van der Waals surface area (Å²) in [6.45, 7) is 10.1. The van der Waals surface area contributed by atoms with E-state index < -0.39 is 46.7 Å². The Morgan fingerprint density at radius 3 is 2.42 bits per heavy atom. The fraction of sp³-hybridized carbons (Fsp3) is 0.583. The minimum atomic E-state index is -1.72. The number of carbonyl (C=O) groups is 2. The fourth-order valence-corrected chi connectivity index (χ4v) is 6.17. The largest absolute Gasteiger partial charge is 0.464 e. The highest BCUT2D eigenvalue weighted by atomic mass is 16.6. The van der Waals surface area contributed by atoms with Crippen molar-refractivity contribution in [3.05, 3.63) is 35.1 Å². The van der Waals surface area contributed by atoms with Gasteiger partial charge in [0.1, 0.15) is 23.4 Å². The molecule has 0 saturated heterocycles. The zero-order valence-electron chi connectivity index (χ0n) is 18.8. The Hall–Kier alpha value is -2.38. The van der Waals surface area contributed by atoms with E-state index in [0.29, 0.717) is 29.6 Å². The molecule has 0 bridgehead atoms. The lowest BCUT2D eigenvalue weighted by Gasteiger charge is -2.65. The molecule has 0 spiro atoms. The monoisotopic (exact) mass is 430 g/mol. The molecule has 7 heteroatoms. The summed E-state index contributed by atoms with van der Waals surface area (Å²) < 4.78 is 17.0. The van der Waals surface area contributed by atoms with Crippen LogP contribution >= 0.6 is 0 Å². The molecule has 31 heavy (non-hydrogen) atoms. The minimum absolute atomic E-state index is 0.458. The van der Waals surface area contributed by atoms with Crippen LogP contribution in [-0.4, -0.2) is 40.0 Å². The summed E-state index contributed by atoms with van der Waals surface area (Å²) in [5.74, 6) is -1.06. The number of aryl methyl sites for hydroxylation is 1. The highest BCUT2D eigenvalue weighted by molar-refractivity contribution is 5.84. The average molecular weight is 430 g/mol. The van der Waals surface area contributed by atoms with Crippen LogP contribution in [0.15, 0.2) is 22.8 Å². The number of hydrogen-bond acceptors (Lipinski definition) is 7. The minimum Gasteiger partial charge on any atom is -0.464 e. The van der Waals surface area contributed by atoms with Crippen molar-refractivity contribution >= 4 is 22.9 Å². The van der Waals surface area contributed by atoms with Crippen LogP contribution in [0.1, 0.15) is 70.3 Å². The topological polar surface area (TPSA) is 106 Å². The lowest BCUT2D eigenvalue weighted by atomic mass is 9.44. The lowest BCUT2D eigenvalue weighted by molar-refractivity contribution is -0.272.